The number of hydrogen-bond acceptors (Lipinski definition) is 2. The molecule has 0 spiro atoms. The maximum absolute atomic E-state index is 4.99. The van der Waals surface area contributed by atoms with Gasteiger partial charge in [0.05, 0.1) is 12.6 Å². The average molecular weight is 340 g/mol. The minimum absolute atomic E-state index is 0.0602. The van der Waals surface area contributed by atoms with Crippen LogP contribution in [0.5, 0.6) is 0 Å². The molecule has 1 unspecified atom stereocenters. The first-order valence-corrected chi connectivity index (χ1v) is 8.83. The number of rotatable bonds is 3. The summed E-state index contributed by atoms with van der Waals surface area (Å²) < 4.78 is 2.32. The van der Waals surface area contributed by atoms with Crippen LogP contribution in [0.1, 0.15) is 22.7 Å². The van der Waals surface area contributed by atoms with Crippen LogP contribution in [0.15, 0.2) is 96.1 Å². The van der Waals surface area contributed by atoms with Gasteiger partial charge in [0.1, 0.15) is 12.8 Å². The summed E-state index contributed by atoms with van der Waals surface area (Å²) >= 11 is 0. The maximum Gasteiger partial charge on any atom is 0.304 e. The van der Waals surface area contributed by atoms with Crippen LogP contribution in [0.25, 0.3) is 0 Å². The lowest BCUT2D eigenvalue weighted by atomic mass is 9.95. The average Bonchev–Trinajstić information content (AvgIpc) is 2.70. The fourth-order valence-corrected chi connectivity index (χ4v) is 3.62. The second kappa shape index (κ2) is 6.96. The predicted octanol–water partition coefficient (Wildman–Crippen LogP) is 4.17. The van der Waals surface area contributed by atoms with Crippen molar-refractivity contribution < 1.29 is 4.58 Å². The van der Waals surface area contributed by atoms with E-state index in [4.69, 9.17) is 5.10 Å². The summed E-state index contributed by atoms with van der Waals surface area (Å²) in [7, 11) is 4.16. The van der Waals surface area contributed by atoms with E-state index in [1.54, 1.807) is 0 Å². The second-order valence-electron chi connectivity index (χ2n) is 6.49. The van der Waals surface area contributed by atoms with Crippen molar-refractivity contribution in [3.8, 4) is 0 Å². The van der Waals surface area contributed by atoms with Gasteiger partial charge in [-0.1, -0.05) is 84.0 Å². The first kappa shape index (κ1) is 16.3. The Balaban J connectivity index is 1.90. The van der Waals surface area contributed by atoms with E-state index in [0.29, 0.717) is 0 Å². The minimum atomic E-state index is 0.0602. The summed E-state index contributed by atoms with van der Waals surface area (Å²) in [4.78, 5) is 0. The van der Waals surface area contributed by atoms with Gasteiger partial charge in [0.25, 0.3) is 0 Å². The molecule has 0 amide bonds. The molecule has 4 rings (SSSR count). The molecule has 0 saturated heterocycles. The summed E-state index contributed by atoms with van der Waals surface area (Å²) in [5.41, 5.74) is 4.60. The van der Waals surface area contributed by atoms with Gasteiger partial charge in [-0.15, -0.1) is 5.01 Å². The molecule has 0 saturated carbocycles. The van der Waals surface area contributed by atoms with Gasteiger partial charge in [0.15, 0.2) is 6.04 Å². The van der Waals surface area contributed by atoms with Crippen LogP contribution in [0, 0.1) is 0 Å². The Labute approximate surface area is 154 Å². The zero-order valence-electron chi connectivity index (χ0n) is 15.1. The van der Waals surface area contributed by atoms with Gasteiger partial charge in [0.2, 0.25) is 0 Å². The molecule has 26 heavy (non-hydrogen) atoms. The van der Waals surface area contributed by atoms with E-state index in [9.17, 15) is 0 Å². The van der Waals surface area contributed by atoms with E-state index in [0.717, 1.165) is 22.7 Å². The molecule has 128 valence electrons. The first-order valence-electron chi connectivity index (χ1n) is 8.83. The molecule has 0 radical (unpaired) electrons. The highest BCUT2D eigenvalue weighted by molar-refractivity contribution is 6.07. The smallest absolute Gasteiger partial charge is 0.249 e. The third kappa shape index (κ3) is 2.92. The van der Waals surface area contributed by atoms with Gasteiger partial charge in [0, 0.05) is 11.1 Å². The van der Waals surface area contributed by atoms with Crippen molar-refractivity contribution in [2.45, 2.75) is 6.04 Å². The van der Waals surface area contributed by atoms with Gasteiger partial charge in [-0.2, -0.15) is 0 Å². The molecular weight excluding hydrogens is 318 g/mol. The molecule has 0 bridgehead atoms. The van der Waals surface area contributed by atoms with E-state index in [1.807, 2.05) is 24.2 Å². The maximum atomic E-state index is 4.99. The number of hydrogen-bond donors (Lipinski definition) is 0. The highest BCUT2D eigenvalue weighted by Gasteiger charge is 2.36. The summed E-state index contributed by atoms with van der Waals surface area (Å²) in [6, 6.07) is 31.5. The minimum Gasteiger partial charge on any atom is -0.249 e. The van der Waals surface area contributed by atoms with Crippen LogP contribution >= 0.6 is 0 Å². The fourth-order valence-electron chi connectivity index (χ4n) is 3.62. The van der Waals surface area contributed by atoms with Crippen molar-refractivity contribution in [3.63, 3.8) is 0 Å². The normalized spacial score (nSPS) is 17.2. The highest BCUT2D eigenvalue weighted by atomic mass is 15.5. The monoisotopic (exact) mass is 340 g/mol. The van der Waals surface area contributed by atoms with E-state index in [2.05, 4.69) is 90.5 Å². The molecule has 1 heterocycles. The lowest BCUT2D eigenvalue weighted by Crippen LogP contribution is -2.42. The molecule has 0 aliphatic carbocycles. The summed E-state index contributed by atoms with van der Waals surface area (Å²) in [5, 5.41) is 6.97. The molecule has 0 N–H and O–H groups in total. The van der Waals surface area contributed by atoms with Crippen LogP contribution < -0.4 is 0 Å². The zero-order chi connectivity index (χ0) is 17.9. The molecule has 0 fully saturated rings. The Morgan fingerprint density at radius 2 is 1.23 bits per heavy atom. The van der Waals surface area contributed by atoms with Gasteiger partial charge in [-0.3, -0.25) is 0 Å². The molecule has 3 aromatic rings. The van der Waals surface area contributed by atoms with Crippen molar-refractivity contribution in [3.05, 3.63) is 108 Å². The number of nitrogens with zero attached hydrogens (tertiary/aromatic N) is 3. The SMILES string of the molecule is CN1N=C(c2ccccc2)C(c2ccccc2)[N+](C)=C1c1ccccc1. The molecule has 1 aliphatic heterocycles. The van der Waals surface area contributed by atoms with Crippen LogP contribution in [-0.4, -0.2) is 35.2 Å². The Kier molecular flexibility index (Phi) is 4.36. The van der Waals surface area contributed by atoms with Crippen LogP contribution in [0.3, 0.4) is 0 Å². The Hall–Kier alpha value is -3.20. The summed E-state index contributed by atoms with van der Waals surface area (Å²) in [6.45, 7) is 0. The molecule has 1 atom stereocenters. The fraction of sp³-hybridized carbons (Fsp3) is 0.130. The molecule has 3 heteroatoms. The van der Waals surface area contributed by atoms with E-state index < -0.39 is 0 Å². The first-order chi connectivity index (χ1) is 12.8. The second-order valence-corrected chi connectivity index (χ2v) is 6.49. The topological polar surface area (TPSA) is 18.6 Å². The molecular formula is C23H22N3+. The van der Waals surface area contributed by atoms with Gasteiger partial charge in [-0.05, 0) is 12.1 Å². The van der Waals surface area contributed by atoms with Gasteiger partial charge in [-0.25, -0.2) is 4.58 Å². The van der Waals surface area contributed by atoms with E-state index in [1.165, 1.54) is 5.56 Å². The standard InChI is InChI=1S/C23H22N3/c1-25-22(19-14-8-4-9-15-19)21(18-12-6-3-7-13-18)24-26(2)23(25)20-16-10-5-11-17-20/h3-17,22H,1-2H3/q+1. The van der Waals surface area contributed by atoms with Crippen molar-refractivity contribution in [2.75, 3.05) is 14.1 Å². The van der Waals surface area contributed by atoms with Crippen molar-refractivity contribution in [2.24, 2.45) is 5.10 Å². The van der Waals surface area contributed by atoms with Gasteiger partial charge < -0.3 is 0 Å². The van der Waals surface area contributed by atoms with Crippen molar-refractivity contribution in [1.82, 2.24) is 5.01 Å². The van der Waals surface area contributed by atoms with Gasteiger partial charge >= 0.3 is 5.84 Å². The number of hydrazone groups is 1. The van der Waals surface area contributed by atoms with Crippen LogP contribution in [0.2, 0.25) is 0 Å². The Morgan fingerprint density at radius 3 is 1.81 bits per heavy atom. The Bertz CT molecular complexity index is 945. The largest absolute Gasteiger partial charge is 0.304 e. The lowest BCUT2D eigenvalue weighted by Gasteiger charge is -2.27. The molecule has 3 aromatic carbocycles. The zero-order valence-corrected chi connectivity index (χ0v) is 15.1. The summed E-state index contributed by atoms with van der Waals surface area (Å²) in [5.74, 6) is 1.10. The number of benzene rings is 3. The third-order valence-electron chi connectivity index (χ3n) is 4.76. The molecule has 3 nitrogen and oxygen atoms in total. The quantitative estimate of drug-likeness (QED) is 0.655. The third-order valence-corrected chi connectivity index (χ3v) is 4.76. The van der Waals surface area contributed by atoms with Crippen molar-refractivity contribution >= 4 is 11.5 Å². The molecule has 1 aliphatic rings. The van der Waals surface area contributed by atoms with E-state index in [-0.39, 0.29) is 6.04 Å². The predicted molar refractivity (Wildman–Crippen MR) is 107 cm³/mol. The van der Waals surface area contributed by atoms with E-state index >= 15 is 0 Å². The highest BCUT2D eigenvalue weighted by Crippen LogP contribution is 2.27. The number of likely N-dealkylation sites (N-methyl/N-ethyl adjacent to an activating group) is 1. The van der Waals surface area contributed by atoms with Crippen LogP contribution in [0.4, 0.5) is 0 Å². The number of amidine groups is 1. The van der Waals surface area contributed by atoms with Crippen LogP contribution in [-0.2, 0) is 0 Å². The summed E-state index contributed by atoms with van der Waals surface area (Å²) in [6.07, 6.45) is 0. The van der Waals surface area contributed by atoms with Crippen molar-refractivity contribution in [1.29, 1.82) is 0 Å². The Morgan fingerprint density at radius 1 is 0.731 bits per heavy atom. The molecule has 0 aromatic heterocycles. The lowest BCUT2D eigenvalue weighted by molar-refractivity contribution is -0.531.